The lowest BCUT2D eigenvalue weighted by Crippen LogP contribution is -2.59. The molecule has 3 fully saturated rings. The number of fused-ring (bicyclic) bond motifs is 1. The molecule has 1 amide bonds. The second kappa shape index (κ2) is 11.8. The number of likely N-dealkylation sites (tertiary alicyclic amines) is 1. The maximum absolute atomic E-state index is 14.4. The van der Waals surface area contributed by atoms with E-state index in [1.807, 2.05) is 54.4 Å². The number of morpholine rings is 1. The van der Waals surface area contributed by atoms with E-state index in [-0.39, 0.29) is 11.4 Å². The Morgan fingerprint density at radius 3 is 2.65 bits per heavy atom. The third-order valence-corrected chi connectivity index (χ3v) is 8.97. The fourth-order valence-corrected chi connectivity index (χ4v) is 6.61. The molecule has 0 unspecified atom stereocenters. The molecule has 0 spiro atoms. The minimum absolute atomic E-state index is 0.0160. The van der Waals surface area contributed by atoms with Gasteiger partial charge in [0, 0.05) is 54.8 Å². The molecular weight excluding hydrogens is 509 g/mol. The van der Waals surface area contributed by atoms with Crippen molar-refractivity contribution < 1.29 is 18.7 Å². The second-order valence-electron chi connectivity index (χ2n) is 11.6. The molecule has 8 nitrogen and oxygen atoms in total. The first-order chi connectivity index (χ1) is 19.5. The highest BCUT2D eigenvalue weighted by Crippen LogP contribution is 2.34. The molecule has 2 saturated heterocycles. The Bertz CT molecular complexity index is 1300. The summed E-state index contributed by atoms with van der Waals surface area (Å²) in [5.74, 6) is 0.590. The lowest BCUT2D eigenvalue weighted by atomic mass is 9.79. The number of halogens is 1. The predicted molar refractivity (Wildman–Crippen MR) is 153 cm³/mol. The second-order valence-corrected chi connectivity index (χ2v) is 11.6. The lowest BCUT2D eigenvalue weighted by Gasteiger charge is -2.48. The van der Waals surface area contributed by atoms with E-state index in [0.717, 1.165) is 67.8 Å². The summed E-state index contributed by atoms with van der Waals surface area (Å²) in [5, 5.41) is 11.8. The van der Waals surface area contributed by atoms with Gasteiger partial charge >= 0.3 is 0 Å². The van der Waals surface area contributed by atoms with E-state index >= 15 is 0 Å². The number of hydrogen-bond donors (Lipinski definition) is 2. The number of benzene rings is 2. The normalized spacial score (nSPS) is 24.1. The summed E-state index contributed by atoms with van der Waals surface area (Å²) in [4.78, 5) is 17.9. The fourth-order valence-electron chi connectivity index (χ4n) is 6.61. The van der Waals surface area contributed by atoms with Gasteiger partial charge in [-0.05, 0) is 68.8 Å². The van der Waals surface area contributed by atoms with E-state index in [9.17, 15) is 9.18 Å². The maximum Gasteiger partial charge on any atom is 0.251 e. The van der Waals surface area contributed by atoms with Gasteiger partial charge in [0.2, 0.25) is 0 Å². The molecule has 1 aliphatic carbocycles. The fraction of sp³-hybridized carbons (Fsp3) is 0.548. The molecule has 3 heterocycles. The molecule has 2 aliphatic heterocycles. The highest BCUT2D eigenvalue weighted by atomic mass is 19.1. The number of hydrogen-bond acceptors (Lipinski definition) is 6. The number of alkyl halides is 1. The molecule has 1 saturated carbocycles. The lowest BCUT2D eigenvalue weighted by molar-refractivity contribution is -0.0361. The zero-order valence-corrected chi connectivity index (χ0v) is 23.3. The van der Waals surface area contributed by atoms with Crippen LogP contribution < -0.4 is 10.1 Å². The van der Waals surface area contributed by atoms with Crippen molar-refractivity contribution in [3.63, 3.8) is 0 Å². The van der Waals surface area contributed by atoms with Crippen LogP contribution in [0.4, 0.5) is 4.39 Å². The number of aromatic nitrogens is 2. The largest absolute Gasteiger partial charge is 0.487 e. The van der Waals surface area contributed by atoms with E-state index in [1.54, 1.807) is 0 Å². The first-order valence-corrected chi connectivity index (χ1v) is 14.7. The van der Waals surface area contributed by atoms with Crippen molar-refractivity contribution in [1.82, 2.24) is 25.3 Å². The van der Waals surface area contributed by atoms with Crippen LogP contribution >= 0.6 is 0 Å². The molecule has 0 radical (unpaired) electrons. The van der Waals surface area contributed by atoms with Gasteiger partial charge in [0.25, 0.3) is 5.91 Å². The summed E-state index contributed by atoms with van der Waals surface area (Å²) in [6.07, 6.45) is 5.14. The standard InChI is InChI=1S/C31H40FN5O3/c1-36-14-11-28(26(32)20-36)40-24-8-5-22(6-9-24)29-25-19-23(7-10-27(25)34-35-29)30(38)33-21-31(12-3-2-4-13-31)37-15-17-39-18-16-37/h5-10,19,26,28H,2-4,11-18,20-21H2,1H3,(H,33,38)(H,34,35)/t26-,28-/m1/s1. The SMILES string of the molecule is CN1CC[C@@H](Oc2ccc(-c3n[nH]c4ccc(C(=O)NCC5(N6CCOCC6)CCCCC5)cc34)cc2)[C@H](F)C1. The minimum atomic E-state index is -1.000. The van der Waals surface area contributed by atoms with Crippen LogP contribution in [0.1, 0.15) is 48.9 Å². The Morgan fingerprint density at radius 1 is 1.12 bits per heavy atom. The molecule has 214 valence electrons. The van der Waals surface area contributed by atoms with Crippen molar-refractivity contribution in [1.29, 1.82) is 0 Å². The molecule has 1 aromatic heterocycles. The summed E-state index contributed by atoms with van der Waals surface area (Å²) < 4.78 is 26.0. The highest BCUT2D eigenvalue weighted by molar-refractivity contribution is 6.01. The average molecular weight is 550 g/mol. The summed E-state index contributed by atoms with van der Waals surface area (Å²) in [5.41, 5.74) is 3.19. The van der Waals surface area contributed by atoms with E-state index < -0.39 is 12.3 Å². The minimum Gasteiger partial charge on any atom is -0.487 e. The molecule has 2 aromatic carbocycles. The number of rotatable bonds is 7. The molecule has 3 aliphatic rings. The third kappa shape index (κ3) is 5.73. The van der Waals surface area contributed by atoms with E-state index in [4.69, 9.17) is 9.47 Å². The van der Waals surface area contributed by atoms with E-state index in [0.29, 0.717) is 30.8 Å². The van der Waals surface area contributed by atoms with Crippen LogP contribution in [0.3, 0.4) is 0 Å². The van der Waals surface area contributed by atoms with Crippen LogP contribution in [-0.2, 0) is 4.74 Å². The van der Waals surface area contributed by atoms with Crippen LogP contribution in [0, 0.1) is 0 Å². The number of amides is 1. The highest BCUT2D eigenvalue weighted by Gasteiger charge is 2.39. The Labute approximate surface area is 235 Å². The van der Waals surface area contributed by atoms with Crippen molar-refractivity contribution in [2.75, 3.05) is 53.0 Å². The van der Waals surface area contributed by atoms with Gasteiger partial charge in [-0.1, -0.05) is 19.3 Å². The molecule has 0 bridgehead atoms. The molecule has 2 N–H and O–H groups in total. The quantitative estimate of drug-likeness (QED) is 0.454. The summed E-state index contributed by atoms with van der Waals surface area (Å²) in [7, 11) is 1.93. The monoisotopic (exact) mass is 549 g/mol. The van der Waals surface area contributed by atoms with E-state index in [1.165, 1.54) is 19.3 Å². The van der Waals surface area contributed by atoms with Gasteiger partial charge in [-0.15, -0.1) is 0 Å². The van der Waals surface area contributed by atoms with Crippen molar-refractivity contribution >= 4 is 16.8 Å². The van der Waals surface area contributed by atoms with Crippen molar-refractivity contribution in [2.24, 2.45) is 0 Å². The van der Waals surface area contributed by atoms with Crippen molar-refractivity contribution in [3.8, 4) is 17.0 Å². The Morgan fingerprint density at radius 2 is 1.90 bits per heavy atom. The van der Waals surface area contributed by atoms with Gasteiger partial charge < -0.3 is 19.7 Å². The molecule has 6 rings (SSSR count). The van der Waals surface area contributed by atoms with Crippen LogP contribution in [-0.4, -0.2) is 96.7 Å². The number of aromatic amines is 1. The summed E-state index contributed by atoms with van der Waals surface area (Å²) in [6, 6.07) is 13.3. The van der Waals surface area contributed by atoms with Gasteiger partial charge in [-0.25, -0.2) is 4.39 Å². The number of ether oxygens (including phenoxy) is 2. The first-order valence-electron chi connectivity index (χ1n) is 14.7. The van der Waals surface area contributed by atoms with Crippen molar-refractivity contribution in [2.45, 2.75) is 56.3 Å². The van der Waals surface area contributed by atoms with Crippen LogP contribution in [0.2, 0.25) is 0 Å². The first kappa shape index (κ1) is 27.2. The number of nitrogens with zero attached hydrogens (tertiary/aromatic N) is 3. The van der Waals surface area contributed by atoms with Crippen LogP contribution in [0.15, 0.2) is 42.5 Å². The Kier molecular flexibility index (Phi) is 8.05. The number of piperidine rings is 1. The summed E-state index contributed by atoms with van der Waals surface area (Å²) >= 11 is 0. The van der Waals surface area contributed by atoms with Gasteiger partial charge in [-0.2, -0.15) is 5.10 Å². The third-order valence-electron chi connectivity index (χ3n) is 8.97. The number of H-pyrrole nitrogens is 1. The van der Waals surface area contributed by atoms with Gasteiger partial charge in [0.05, 0.1) is 24.4 Å². The van der Waals surface area contributed by atoms with Gasteiger partial charge in [-0.3, -0.25) is 14.8 Å². The molecule has 9 heteroatoms. The molecule has 40 heavy (non-hydrogen) atoms. The molecule has 2 atom stereocenters. The maximum atomic E-state index is 14.4. The molecular formula is C31H40FN5O3. The smallest absolute Gasteiger partial charge is 0.251 e. The number of carbonyl (C=O) groups is 1. The van der Waals surface area contributed by atoms with Gasteiger partial charge in [0.15, 0.2) is 0 Å². The van der Waals surface area contributed by atoms with E-state index in [2.05, 4.69) is 20.4 Å². The zero-order chi connectivity index (χ0) is 27.5. The Balaban J connectivity index is 1.15. The predicted octanol–water partition coefficient (Wildman–Crippen LogP) is 4.42. The zero-order valence-electron chi connectivity index (χ0n) is 23.3. The van der Waals surface area contributed by atoms with Crippen LogP contribution in [0.25, 0.3) is 22.2 Å². The van der Waals surface area contributed by atoms with Crippen molar-refractivity contribution in [3.05, 3.63) is 48.0 Å². The average Bonchev–Trinajstić information content (AvgIpc) is 3.42. The molecule has 3 aromatic rings. The van der Waals surface area contributed by atoms with Crippen LogP contribution in [0.5, 0.6) is 5.75 Å². The topological polar surface area (TPSA) is 82.7 Å². The Hall–Kier alpha value is -3.01. The number of nitrogens with one attached hydrogen (secondary N) is 2. The number of carbonyl (C=O) groups excluding carboxylic acids is 1. The summed E-state index contributed by atoms with van der Waals surface area (Å²) in [6.45, 7) is 5.25. The van der Waals surface area contributed by atoms with Gasteiger partial charge in [0.1, 0.15) is 18.0 Å².